The first-order chi connectivity index (χ1) is 14.3. The third-order valence-electron chi connectivity index (χ3n) is 5.26. The maximum Gasteiger partial charge on any atom is 0.322 e. The van der Waals surface area contributed by atoms with Gasteiger partial charge in [-0.25, -0.2) is 0 Å². The minimum atomic E-state index is -1.17. The molecule has 0 bridgehead atoms. The van der Waals surface area contributed by atoms with Crippen LogP contribution in [0.25, 0.3) is 0 Å². The molecule has 0 aliphatic carbocycles. The summed E-state index contributed by atoms with van der Waals surface area (Å²) < 4.78 is 5.55. The number of rotatable bonds is 4. The molecular formula is C21H18Cl2N2O5. The van der Waals surface area contributed by atoms with E-state index in [1.807, 2.05) is 6.07 Å². The number of nitrogens with zero attached hydrogens (tertiary/aromatic N) is 1. The van der Waals surface area contributed by atoms with Crippen molar-refractivity contribution in [2.45, 2.75) is 19.4 Å². The zero-order valence-electron chi connectivity index (χ0n) is 15.8. The molecule has 0 aromatic heterocycles. The highest BCUT2D eigenvalue weighted by Crippen LogP contribution is 2.35. The van der Waals surface area contributed by atoms with Crippen LogP contribution in [0.4, 0.5) is 0 Å². The highest BCUT2D eigenvalue weighted by Gasteiger charge is 2.28. The van der Waals surface area contributed by atoms with E-state index in [2.05, 4.69) is 5.32 Å². The number of amides is 2. The number of carboxylic acids is 1. The molecule has 2 amide bonds. The van der Waals surface area contributed by atoms with Crippen LogP contribution in [0.2, 0.25) is 10.0 Å². The van der Waals surface area contributed by atoms with Crippen LogP contribution in [0.15, 0.2) is 24.3 Å². The molecule has 4 rings (SSSR count). The molecule has 0 atom stereocenters. The first-order valence-electron chi connectivity index (χ1n) is 9.40. The van der Waals surface area contributed by atoms with Crippen LogP contribution in [0.5, 0.6) is 5.75 Å². The summed E-state index contributed by atoms with van der Waals surface area (Å²) in [6.07, 6.45) is 1.30. The van der Waals surface area contributed by atoms with E-state index in [0.29, 0.717) is 31.7 Å². The van der Waals surface area contributed by atoms with Gasteiger partial charge in [-0.05, 0) is 41.3 Å². The molecule has 0 saturated heterocycles. The number of ether oxygens (including phenoxy) is 1. The molecule has 0 unspecified atom stereocenters. The Morgan fingerprint density at radius 3 is 2.70 bits per heavy atom. The van der Waals surface area contributed by atoms with E-state index in [4.69, 9.17) is 33.0 Å². The summed E-state index contributed by atoms with van der Waals surface area (Å²) in [5.41, 5.74) is 3.21. The Bertz CT molecular complexity index is 1070. The van der Waals surface area contributed by atoms with Crippen LogP contribution in [0, 0.1) is 0 Å². The van der Waals surface area contributed by atoms with Gasteiger partial charge in [0, 0.05) is 25.1 Å². The lowest BCUT2D eigenvalue weighted by molar-refractivity contribution is -0.135. The fourth-order valence-electron chi connectivity index (χ4n) is 3.76. The Morgan fingerprint density at radius 1 is 1.13 bits per heavy atom. The van der Waals surface area contributed by atoms with Crippen LogP contribution < -0.4 is 10.1 Å². The van der Waals surface area contributed by atoms with Crippen molar-refractivity contribution in [3.63, 3.8) is 0 Å². The average Bonchev–Trinajstić information content (AvgIpc) is 3.19. The largest absolute Gasteiger partial charge is 0.493 e. The molecule has 0 saturated carbocycles. The Balaban J connectivity index is 1.56. The van der Waals surface area contributed by atoms with Gasteiger partial charge in [0.1, 0.15) is 12.3 Å². The third kappa shape index (κ3) is 3.82. The molecule has 7 nitrogen and oxygen atoms in total. The smallest absolute Gasteiger partial charge is 0.322 e. The van der Waals surface area contributed by atoms with Crippen LogP contribution in [-0.4, -0.2) is 47.5 Å². The van der Waals surface area contributed by atoms with E-state index >= 15 is 0 Å². The Hall–Kier alpha value is -2.77. The summed E-state index contributed by atoms with van der Waals surface area (Å²) in [4.78, 5) is 37.7. The van der Waals surface area contributed by atoms with E-state index < -0.39 is 18.4 Å². The second-order valence-electron chi connectivity index (χ2n) is 7.16. The minimum Gasteiger partial charge on any atom is -0.493 e. The Morgan fingerprint density at radius 2 is 1.93 bits per heavy atom. The summed E-state index contributed by atoms with van der Waals surface area (Å²) in [5.74, 6) is -1.18. The van der Waals surface area contributed by atoms with Gasteiger partial charge in [0.15, 0.2) is 0 Å². The molecule has 2 aliphatic rings. The van der Waals surface area contributed by atoms with Gasteiger partial charge < -0.3 is 20.1 Å². The summed E-state index contributed by atoms with van der Waals surface area (Å²) >= 11 is 12.7. The lowest BCUT2D eigenvalue weighted by Gasteiger charge is -2.30. The van der Waals surface area contributed by atoms with E-state index in [-0.39, 0.29) is 21.5 Å². The first kappa shape index (κ1) is 20.5. The lowest BCUT2D eigenvalue weighted by atomic mass is 9.96. The van der Waals surface area contributed by atoms with Gasteiger partial charge in [-0.3, -0.25) is 14.4 Å². The molecule has 2 aromatic rings. The fourth-order valence-corrected chi connectivity index (χ4v) is 4.52. The second-order valence-corrected chi connectivity index (χ2v) is 7.94. The van der Waals surface area contributed by atoms with Crippen molar-refractivity contribution < 1.29 is 24.2 Å². The number of benzene rings is 2. The Kier molecular flexibility index (Phi) is 5.58. The number of nitrogens with one attached hydrogen (secondary N) is 1. The minimum absolute atomic E-state index is 0.0499. The van der Waals surface area contributed by atoms with Gasteiger partial charge in [0.2, 0.25) is 0 Å². The number of fused-ring (bicyclic) bond motifs is 2. The third-order valence-corrected chi connectivity index (χ3v) is 5.98. The summed E-state index contributed by atoms with van der Waals surface area (Å²) in [6.45, 7) is 0.836. The molecule has 0 radical (unpaired) electrons. The van der Waals surface area contributed by atoms with Crippen molar-refractivity contribution >= 4 is 41.0 Å². The topological polar surface area (TPSA) is 95.9 Å². The maximum atomic E-state index is 13.0. The predicted octanol–water partition coefficient (Wildman–Crippen LogP) is 2.94. The lowest BCUT2D eigenvalue weighted by Crippen LogP contribution is -2.36. The number of carboxylic acid groups (broad SMARTS) is 1. The van der Waals surface area contributed by atoms with E-state index in [0.717, 1.165) is 28.9 Å². The fraction of sp³-hybridized carbons (Fsp3) is 0.286. The highest BCUT2D eigenvalue weighted by molar-refractivity contribution is 6.40. The molecule has 2 aromatic carbocycles. The number of hydrogen-bond acceptors (Lipinski definition) is 4. The number of hydrogen-bond donors (Lipinski definition) is 2. The van der Waals surface area contributed by atoms with E-state index in [9.17, 15) is 14.4 Å². The molecule has 2 heterocycles. The first-order valence-corrected chi connectivity index (χ1v) is 10.2. The van der Waals surface area contributed by atoms with E-state index in [1.165, 1.54) is 0 Å². The number of halogens is 2. The monoisotopic (exact) mass is 448 g/mol. The highest BCUT2D eigenvalue weighted by atomic mass is 35.5. The van der Waals surface area contributed by atoms with Crippen LogP contribution in [0.1, 0.15) is 37.4 Å². The van der Waals surface area contributed by atoms with Gasteiger partial charge in [0.25, 0.3) is 11.8 Å². The second kappa shape index (κ2) is 8.16. The van der Waals surface area contributed by atoms with Gasteiger partial charge in [-0.1, -0.05) is 29.3 Å². The van der Waals surface area contributed by atoms with E-state index in [1.54, 1.807) is 23.1 Å². The van der Waals surface area contributed by atoms with Gasteiger partial charge in [-0.15, -0.1) is 0 Å². The van der Waals surface area contributed by atoms with Gasteiger partial charge >= 0.3 is 5.97 Å². The van der Waals surface area contributed by atoms with Crippen molar-refractivity contribution in [2.75, 3.05) is 19.7 Å². The quantitative estimate of drug-likeness (QED) is 0.749. The summed E-state index contributed by atoms with van der Waals surface area (Å²) in [5, 5.41) is 11.3. The number of aliphatic carboxylic acids is 1. The molecule has 0 spiro atoms. The van der Waals surface area contributed by atoms with Crippen molar-refractivity contribution in [3.05, 3.63) is 62.1 Å². The van der Waals surface area contributed by atoms with Crippen LogP contribution in [-0.2, 0) is 24.2 Å². The normalized spacial score (nSPS) is 14.5. The van der Waals surface area contributed by atoms with Gasteiger partial charge in [-0.2, -0.15) is 0 Å². The Labute approximate surface area is 182 Å². The predicted molar refractivity (Wildman–Crippen MR) is 111 cm³/mol. The summed E-state index contributed by atoms with van der Waals surface area (Å²) in [6, 6.07) is 7.12. The van der Waals surface area contributed by atoms with Crippen molar-refractivity contribution in [1.29, 1.82) is 0 Å². The molecule has 2 N–H and O–H groups in total. The summed E-state index contributed by atoms with van der Waals surface area (Å²) in [7, 11) is 0. The average molecular weight is 449 g/mol. The molecular weight excluding hydrogens is 431 g/mol. The maximum absolute atomic E-state index is 13.0. The van der Waals surface area contributed by atoms with Crippen molar-refractivity contribution in [1.82, 2.24) is 10.2 Å². The zero-order chi connectivity index (χ0) is 21.4. The van der Waals surface area contributed by atoms with Crippen LogP contribution >= 0.6 is 23.2 Å². The van der Waals surface area contributed by atoms with Crippen molar-refractivity contribution in [2.24, 2.45) is 0 Å². The van der Waals surface area contributed by atoms with Crippen molar-refractivity contribution in [3.8, 4) is 5.75 Å². The van der Waals surface area contributed by atoms with Crippen LogP contribution in [0.3, 0.4) is 0 Å². The number of carbonyl (C=O) groups is 3. The molecule has 0 fully saturated rings. The standard InChI is InChI=1S/C21H18Cl2N2O5/c22-15-7-13-10-25(21(29)12-2-1-11-4-6-30-16(11)8-12)5-3-14(13)19(23)18(15)20(28)24-9-17(26)27/h1-2,7-8H,3-6,9-10H2,(H,24,28)(H,26,27). The van der Waals surface area contributed by atoms with Gasteiger partial charge in [0.05, 0.1) is 22.2 Å². The molecule has 156 valence electrons. The molecule has 30 heavy (non-hydrogen) atoms. The zero-order valence-corrected chi connectivity index (χ0v) is 17.3. The molecule has 2 aliphatic heterocycles. The SMILES string of the molecule is O=C(O)CNC(=O)c1c(Cl)cc2c(c1Cl)CCN(C(=O)c1ccc3c(c1)OCC3)C2. The molecule has 9 heteroatoms. The number of carbonyl (C=O) groups excluding carboxylic acids is 2.